The number of halogens is 1. The quantitative estimate of drug-likeness (QED) is 0.766. The summed E-state index contributed by atoms with van der Waals surface area (Å²) in [6.45, 7) is 0.853. The summed E-state index contributed by atoms with van der Waals surface area (Å²) in [6, 6.07) is 5.32. The van der Waals surface area contributed by atoms with Crippen molar-refractivity contribution in [3.8, 4) is 0 Å². The van der Waals surface area contributed by atoms with E-state index in [1.54, 1.807) is 13.1 Å². The van der Waals surface area contributed by atoms with Gasteiger partial charge < -0.3 is 10.2 Å². The maximum atomic E-state index is 11.4. The van der Waals surface area contributed by atoms with Crippen LogP contribution in [-0.2, 0) is 4.79 Å². The summed E-state index contributed by atoms with van der Waals surface area (Å²) in [7, 11) is 1.64. The van der Waals surface area contributed by atoms with Gasteiger partial charge in [-0.15, -0.1) is 0 Å². The van der Waals surface area contributed by atoms with Gasteiger partial charge in [-0.2, -0.15) is 0 Å². The number of carbonyl (C=O) groups excluding carboxylic acids is 1. The lowest BCUT2D eigenvalue weighted by Gasteiger charge is -2.40. The van der Waals surface area contributed by atoms with E-state index in [1.807, 2.05) is 17.0 Å². The Labute approximate surface area is 93.2 Å². The van der Waals surface area contributed by atoms with Crippen LogP contribution in [0.4, 0.5) is 5.82 Å². The minimum absolute atomic E-state index is 0.0306. The summed E-state index contributed by atoms with van der Waals surface area (Å²) in [6.07, 6.45) is 0.869. The van der Waals surface area contributed by atoms with Gasteiger partial charge in [0, 0.05) is 13.6 Å². The molecule has 1 saturated heterocycles. The van der Waals surface area contributed by atoms with Crippen LogP contribution in [0, 0.1) is 0 Å². The molecule has 1 fully saturated rings. The fourth-order valence-electron chi connectivity index (χ4n) is 1.66. The van der Waals surface area contributed by atoms with Gasteiger partial charge in [-0.1, -0.05) is 17.7 Å². The molecule has 1 aliphatic rings. The predicted octanol–water partition coefficient (Wildman–Crippen LogP) is 1.06. The second kappa shape index (κ2) is 4.06. The molecule has 0 radical (unpaired) electrons. The van der Waals surface area contributed by atoms with E-state index < -0.39 is 0 Å². The zero-order chi connectivity index (χ0) is 10.8. The minimum atomic E-state index is -0.0963. The number of pyridine rings is 1. The van der Waals surface area contributed by atoms with Crippen molar-refractivity contribution in [2.75, 3.05) is 18.5 Å². The molecule has 0 aliphatic carbocycles. The standard InChI is InChI=1S/C10H12ClN3O/c1-12-10(15)7-5-6-14(7)9-4-2-3-8(11)13-9/h2-4,7H,5-6H2,1H3,(H,12,15)/t7-/m0/s1. The molecule has 0 bridgehead atoms. The average molecular weight is 226 g/mol. The molecular weight excluding hydrogens is 214 g/mol. The number of hydrogen-bond donors (Lipinski definition) is 1. The highest BCUT2D eigenvalue weighted by molar-refractivity contribution is 6.29. The van der Waals surface area contributed by atoms with Crippen molar-refractivity contribution in [3.05, 3.63) is 23.4 Å². The molecule has 1 aromatic rings. The van der Waals surface area contributed by atoms with Crippen molar-refractivity contribution in [2.24, 2.45) is 0 Å². The summed E-state index contributed by atoms with van der Waals surface area (Å²) >= 11 is 5.79. The van der Waals surface area contributed by atoms with Crippen LogP contribution in [0.15, 0.2) is 18.2 Å². The van der Waals surface area contributed by atoms with Crippen molar-refractivity contribution in [3.63, 3.8) is 0 Å². The Morgan fingerprint density at radius 1 is 1.67 bits per heavy atom. The zero-order valence-corrected chi connectivity index (χ0v) is 9.16. The molecule has 1 aromatic heterocycles. The van der Waals surface area contributed by atoms with Crippen LogP contribution in [0.25, 0.3) is 0 Å². The first-order chi connectivity index (χ1) is 7.22. The summed E-state index contributed by atoms with van der Waals surface area (Å²) < 4.78 is 0. The van der Waals surface area contributed by atoms with E-state index in [1.165, 1.54) is 0 Å². The average Bonchev–Trinajstić information content (AvgIpc) is 2.16. The number of nitrogens with zero attached hydrogens (tertiary/aromatic N) is 2. The summed E-state index contributed by atoms with van der Waals surface area (Å²) in [5, 5.41) is 3.09. The van der Waals surface area contributed by atoms with Gasteiger partial charge in [0.2, 0.25) is 5.91 Å². The summed E-state index contributed by atoms with van der Waals surface area (Å²) in [5.74, 6) is 0.797. The van der Waals surface area contributed by atoms with Crippen LogP contribution >= 0.6 is 11.6 Å². The summed E-state index contributed by atoms with van der Waals surface area (Å²) in [4.78, 5) is 17.6. The largest absolute Gasteiger partial charge is 0.357 e. The van der Waals surface area contributed by atoms with Crippen LogP contribution in [0.1, 0.15) is 6.42 Å². The van der Waals surface area contributed by atoms with Crippen LogP contribution in [-0.4, -0.2) is 30.5 Å². The van der Waals surface area contributed by atoms with Crippen molar-refractivity contribution < 1.29 is 4.79 Å². The number of rotatable bonds is 2. The second-order valence-corrected chi connectivity index (χ2v) is 3.82. The molecule has 1 amide bonds. The Morgan fingerprint density at radius 2 is 2.47 bits per heavy atom. The first kappa shape index (κ1) is 10.2. The zero-order valence-electron chi connectivity index (χ0n) is 8.40. The second-order valence-electron chi connectivity index (χ2n) is 3.43. The van der Waals surface area contributed by atoms with E-state index in [0.29, 0.717) is 5.15 Å². The summed E-state index contributed by atoms with van der Waals surface area (Å²) in [5.41, 5.74) is 0. The van der Waals surface area contributed by atoms with Crippen LogP contribution in [0.2, 0.25) is 5.15 Å². The fourth-order valence-corrected chi connectivity index (χ4v) is 1.82. The number of aromatic nitrogens is 1. The molecule has 5 heteroatoms. The Hall–Kier alpha value is -1.29. The topological polar surface area (TPSA) is 45.2 Å². The Morgan fingerprint density at radius 3 is 3.00 bits per heavy atom. The van der Waals surface area contributed by atoms with E-state index in [2.05, 4.69) is 10.3 Å². The van der Waals surface area contributed by atoms with Crippen LogP contribution in [0.3, 0.4) is 0 Å². The lowest BCUT2D eigenvalue weighted by molar-refractivity contribution is -0.123. The molecule has 0 saturated carbocycles. The molecule has 1 atom stereocenters. The van der Waals surface area contributed by atoms with Gasteiger partial charge >= 0.3 is 0 Å². The normalized spacial score (nSPS) is 19.6. The molecule has 2 heterocycles. The van der Waals surface area contributed by atoms with Gasteiger partial charge in [0.05, 0.1) is 0 Å². The van der Waals surface area contributed by atoms with Crippen LogP contribution < -0.4 is 10.2 Å². The Bertz CT molecular complexity index is 383. The number of hydrogen-bond acceptors (Lipinski definition) is 3. The van der Waals surface area contributed by atoms with Gasteiger partial charge in [0.15, 0.2) is 0 Å². The van der Waals surface area contributed by atoms with E-state index >= 15 is 0 Å². The third kappa shape index (κ3) is 1.90. The van der Waals surface area contributed by atoms with Crippen molar-refractivity contribution >= 4 is 23.3 Å². The monoisotopic (exact) mass is 225 g/mol. The first-order valence-corrected chi connectivity index (χ1v) is 5.21. The van der Waals surface area contributed by atoms with Gasteiger partial charge in [-0.3, -0.25) is 4.79 Å². The molecule has 1 N–H and O–H groups in total. The SMILES string of the molecule is CNC(=O)[C@@H]1CCN1c1cccc(Cl)n1. The molecule has 2 rings (SSSR count). The number of anilines is 1. The highest BCUT2D eigenvalue weighted by Gasteiger charge is 2.34. The van der Waals surface area contributed by atoms with Crippen LogP contribution in [0.5, 0.6) is 0 Å². The molecule has 1 aliphatic heterocycles. The third-order valence-corrected chi connectivity index (χ3v) is 2.77. The van der Waals surface area contributed by atoms with E-state index in [0.717, 1.165) is 18.8 Å². The molecule has 4 nitrogen and oxygen atoms in total. The molecular formula is C10H12ClN3O. The van der Waals surface area contributed by atoms with Gasteiger partial charge in [0.1, 0.15) is 17.0 Å². The fraction of sp³-hybridized carbons (Fsp3) is 0.400. The van der Waals surface area contributed by atoms with Gasteiger partial charge in [-0.25, -0.2) is 4.98 Å². The van der Waals surface area contributed by atoms with Gasteiger partial charge in [-0.05, 0) is 18.6 Å². The lowest BCUT2D eigenvalue weighted by Crippen LogP contribution is -2.56. The molecule has 0 aromatic carbocycles. The van der Waals surface area contributed by atoms with E-state index in [4.69, 9.17) is 11.6 Å². The predicted molar refractivity (Wildman–Crippen MR) is 59.1 cm³/mol. The molecule has 0 spiro atoms. The number of carbonyl (C=O) groups is 1. The highest BCUT2D eigenvalue weighted by atomic mass is 35.5. The molecule has 0 unspecified atom stereocenters. The third-order valence-electron chi connectivity index (χ3n) is 2.56. The van der Waals surface area contributed by atoms with Crippen molar-refractivity contribution in [1.29, 1.82) is 0 Å². The van der Waals surface area contributed by atoms with Crippen molar-refractivity contribution in [1.82, 2.24) is 10.3 Å². The number of amides is 1. The maximum Gasteiger partial charge on any atom is 0.242 e. The number of likely N-dealkylation sites (N-methyl/N-ethyl adjacent to an activating group) is 1. The minimum Gasteiger partial charge on any atom is -0.357 e. The van der Waals surface area contributed by atoms with E-state index in [9.17, 15) is 4.79 Å². The molecule has 80 valence electrons. The van der Waals surface area contributed by atoms with Crippen molar-refractivity contribution in [2.45, 2.75) is 12.5 Å². The highest BCUT2D eigenvalue weighted by Crippen LogP contribution is 2.25. The smallest absolute Gasteiger partial charge is 0.242 e. The lowest BCUT2D eigenvalue weighted by atomic mass is 10.0. The first-order valence-electron chi connectivity index (χ1n) is 4.83. The Kier molecular flexibility index (Phi) is 2.77. The maximum absolute atomic E-state index is 11.4. The molecule has 15 heavy (non-hydrogen) atoms. The van der Waals surface area contributed by atoms with Gasteiger partial charge in [0.25, 0.3) is 0 Å². The number of nitrogens with one attached hydrogen (secondary N) is 1. The van der Waals surface area contributed by atoms with E-state index in [-0.39, 0.29) is 11.9 Å². The Balaban J connectivity index is 2.15.